The van der Waals surface area contributed by atoms with Gasteiger partial charge in [-0.15, -0.1) is 0 Å². The van der Waals surface area contributed by atoms with E-state index in [1.54, 1.807) is 9.47 Å². The number of carbonyl (C=O) groups is 2. The first-order valence-electron chi connectivity index (χ1n) is 13.7. The van der Waals surface area contributed by atoms with Crippen molar-refractivity contribution >= 4 is 22.6 Å². The third kappa shape index (κ3) is 6.15. The van der Waals surface area contributed by atoms with Crippen LogP contribution in [0.4, 0.5) is 0 Å². The van der Waals surface area contributed by atoms with Crippen molar-refractivity contribution in [1.29, 1.82) is 0 Å². The number of fused-ring (bicyclic) bond motifs is 1. The summed E-state index contributed by atoms with van der Waals surface area (Å²) >= 11 is 0. The second kappa shape index (κ2) is 11.5. The van der Waals surface area contributed by atoms with Crippen LogP contribution in [0.3, 0.4) is 0 Å². The van der Waals surface area contributed by atoms with E-state index in [-0.39, 0.29) is 17.4 Å². The highest BCUT2D eigenvalue weighted by atomic mass is 16.2. The number of rotatable bonds is 9. The second-order valence-corrected chi connectivity index (χ2v) is 11.1. The summed E-state index contributed by atoms with van der Waals surface area (Å²) in [6.07, 6.45) is 3.91. The highest BCUT2D eigenvalue weighted by Crippen LogP contribution is 2.28. The molecule has 7 heteroatoms. The summed E-state index contributed by atoms with van der Waals surface area (Å²) in [4.78, 5) is 42.4. The van der Waals surface area contributed by atoms with Crippen LogP contribution in [-0.4, -0.2) is 66.5 Å². The van der Waals surface area contributed by atoms with Gasteiger partial charge in [0.2, 0.25) is 0 Å². The van der Waals surface area contributed by atoms with E-state index in [9.17, 15) is 14.4 Å². The van der Waals surface area contributed by atoms with Crippen molar-refractivity contribution in [3.63, 3.8) is 0 Å². The number of carbonyl (C=O) groups excluding carboxylic acids is 2. The summed E-state index contributed by atoms with van der Waals surface area (Å²) < 4.78 is 1.69. The molecular formula is C33H36N4O3. The Morgan fingerprint density at radius 3 is 2.33 bits per heavy atom. The van der Waals surface area contributed by atoms with Crippen LogP contribution in [0.5, 0.6) is 0 Å². The third-order valence-corrected chi connectivity index (χ3v) is 7.48. The molecule has 206 valence electrons. The van der Waals surface area contributed by atoms with E-state index < -0.39 is 0 Å². The number of nitrogens with zero attached hydrogens (tertiary/aromatic N) is 3. The molecule has 0 bridgehead atoms. The lowest BCUT2D eigenvalue weighted by Crippen LogP contribution is -2.33. The number of aryl methyl sites for hydroxylation is 1. The van der Waals surface area contributed by atoms with E-state index in [2.05, 4.69) is 5.32 Å². The molecule has 4 aromatic rings. The fourth-order valence-corrected chi connectivity index (χ4v) is 4.77. The Morgan fingerprint density at radius 2 is 1.62 bits per heavy atom. The lowest BCUT2D eigenvalue weighted by molar-refractivity contribution is 0.0786. The zero-order valence-electron chi connectivity index (χ0n) is 23.6. The Morgan fingerprint density at radius 1 is 0.900 bits per heavy atom. The van der Waals surface area contributed by atoms with Crippen LogP contribution in [0.15, 0.2) is 77.7 Å². The highest BCUT2D eigenvalue weighted by Gasteiger charge is 2.24. The molecule has 0 saturated heterocycles. The quantitative estimate of drug-likeness (QED) is 0.341. The molecule has 1 fully saturated rings. The van der Waals surface area contributed by atoms with Gasteiger partial charge in [-0.2, -0.15) is 0 Å². The Bertz CT molecular complexity index is 1620. The van der Waals surface area contributed by atoms with Crippen molar-refractivity contribution in [2.45, 2.75) is 32.4 Å². The van der Waals surface area contributed by atoms with E-state index >= 15 is 0 Å². The molecule has 7 nitrogen and oxygen atoms in total. The van der Waals surface area contributed by atoms with Crippen molar-refractivity contribution in [2.75, 3.05) is 34.2 Å². The largest absolute Gasteiger partial charge is 0.349 e. The van der Waals surface area contributed by atoms with Gasteiger partial charge in [-0.05, 0) is 104 Å². The van der Waals surface area contributed by atoms with Crippen molar-refractivity contribution in [2.24, 2.45) is 0 Å². The van der Waals surface area contributed by atoms with Crippen molar-refractivity contribution in [3.8, 4) is 11.1 Å². The molecule has 0 unspecified atom stereocenters. The molecule has 1 N–H and O–H groups in total. The van der Waals surface area contributed by atoms with Crippen LogP contribution in [0.2, 0.25) is 0 Å². The number of benzene rings is 3. The lowest BCUT2D eigenvalue weighted by Gasteiger charge is -2.19. The van der Waals surface area contributed by atoms with Gasteiger partial charge in [-0.3, -0.25) is 14.4 Å². The summed E-state index contributed by atoms with van der Waals surface area (Å²) in [7, 11) is 5.78. The number of hydrogen-bond donors (Lipinski definition) is 1. The smallest absolute Gasteiger partial charge is 0.258 e. The van der Waals surface area contributed by atoms with E-state index in [0.29, 0.717) is 35.6 Å². The fourth-order valence-electron chi connectivity index (χ4n) is 4.77. The minimum Gasteiger partial charge on any atom is -0.349 e. The molecule has 0 atom stereocenters. The van der Waals surface area contributed by atoms with Crippen molar-refractivity contribution in [3.05, 3.63) is 106 Å². The molecule has 2 amide bonds. The van der Waals surface area contributed by atoms with Gasteiger partial charge in [0.15, 0.2) is 0 Å². The van der Waals surface area contributed by atoms with Crippen LogP contribution < -0.4 is 10.9 Å². The Kier molecular flexibility index (Phi) is 7.85. The molecule has 0 spiro atoms. The van der Waals surface area contributed by atoms with Crippen LogP contribution >= 0.6 is 0 Å². The average Bonchev–Trinajstić information content (AvgIpc) is 3.77. The normalized spacial score (nSPS) is 13.0. The topological polar surface area (TPSA) is 74.6 Å². The molecule has 1 heterocycles. The summed E-state index contributed by atoms with van der Waals surface area (Å²) in [5.74, 6) is -0.0578. The second-order valence-electron chi connectivity index (χ2n) is 11.1. The molecule has 0 radical (unpaired) electrons. The number of nitrogens with one attached hydrogen (secondary N) is 1. The van der Waals surface area contributed by atoms with E-state index in [4.69, 9.17) is 0 Å². The molecule has 5 rings (SSSR count). The predicted octanol–water partition coefficient (Wildman–Crippen LogP) is 4.55. The van der Waals surface area contributed by atoms with Crippen LogP contribution in [0.1, 0.15) is 44.7 Å². The minimum atomic E-state index is -0.0677. The Labute approximate surface area is 235 Å². The molecular weight excluding hydrogens is 500 g/mol. The number of hydrogen-bond acceptors (Lipinski definition) is 4. The molecule has 3 aromatic carbocycles. The summed E-state index contributed by atoms with van der Waals surface area (Å²) in [6.45, 7) is 3.90. The van der Waals surface area contributed by atoms with Gasteiger partial charge in [0.05, 0.1) is 6.54 Å². The number of amides is 2. The lowest BCUT2D eigenvalue weighted by atomic mass is 9.96. The van der Waals surface area contributed by atoms with Crippen LogP contribution in [0, 0.1) is 6.92 Å². The van der Waals surface area contributed by atoms with E-state index in [0.717, 1.165) is 47.0 Å². The first-order chi connectivity index (χ1) is 19.2. The maximum Gasteiger partial charge on any atom is 0.258 e. The monoisotopic (exact) mass is 536 g/mol. The Hall–Kier alpha value is -4.23. The SMILES string of the molecule is Cc1ccc(C(=O)NC2CC2)cc1-c1ccc2c(=O)n(Cc3ccc(C(=O)N(C)CCN(C)C)cc3)ccc2c1. The van der Waals surface area contributed by atoms with E-state index in [1.807, 2.05) is 106 Å². The van der Waals surface area contributed by atoms with Gasteiger partial charge < -0.3 is 19.7 Å². The first kappa shape index (κ1) is 27.3. The summed E-state index contributed by atoms with van der Waals surface area (Å²) in [5.41, 5.74) is 5.19. The average molecular weight is 537 g/mol. The maximum atomic E-state index is 13.3. The van der Waals surface area contributed by atoms with E-state index in [1.165, 1.54) is 0 Å². The summed E-state index contributed by atoms with van der Waals surface area (Å²) in [5, 5.41) is 4.54. The fraction of sp³-hybridized carbons (Fsp3) is 0.303. The van der Waals surface area contributed by atoms with Gasteiger partial charge in [0, 0.05) is 48.9 Å². The molecule has 1 aliphatic carbocycles. The molecule has 1 aromatic heterocycles. The summed E-state index contributed by atoms with van der Waals surface area (Å²) in [6, 6.07) is 21.3. The molecule has 1 aliphatic rings. The minimum absolute atomic E-state index is 0.0172. The Balaban J connectivity index is 1.33. The molecule has 40 heavy (non-hydrogen) atoms. The third-order valence-electron chi connectivity index (χ3n) is 7.48. The van der Waals surface area contributed by atoms with Gasteiger partial charge in [-0.25, -0.2) is 0 Å². The number of aromatic nitrogens is 1. The van der Waals surface area contributed by atoms with Crippen LogP contribution in [0.25, 0.3) is 21.9 Å². The van der Waals surface area contributed by atoms with Gasteiger partial charge in [-0.1, -0.05) is 24.3 Å². The van der Waals surface area contributed by atoms with Gasteiger partial charge in [0.1, 0.15) is 0 Å². The highest BCUT2D eigenvalue weighted by molar-refractivity contribution is 5.97. The van der Waals surface area contributed by atoms with Gasteiger partial charge >= 0.3 is 0 Å². The molecule has 1 saturated carbocycles. The van der Waals surface area contributed by atoms with Crippen molar-refractivity contribution in [1.82, 2.24) is 19.7 Å². The predicted molar refractivity (Wildman–Crippen MR) is 160 cm³/mol. The van der Waals surface area contributed by atoms with Crippen LogP contribution in [-0.2, 0) is 6.54 Å². The van der Waals surface area contributed by atoms with Crippen molar-refractivity contribution < 1.29 is 9.59 Å². The standard InChI is InChI=1S/C33H36N4O3/c1-22-5-8-27(31(38)34-28-12-13-28)20-30(22)25-11-14-29-26(19-25)15-16-37(33(29)40)21-23-6-9-24(10-7-23)32(39)36(4)18-17-35(2)3/h5-11,14-16,19-20,28H,12-13,17-18,21H2,1-4H3,(H,34,38). The van der Waals surface area contributed by atoms with Gasteiger partial charge in [0.25, 0.3) is 17.4 Å². The first-order valence-corrected chi connectivity index (χ1v) is 13.7. The zero-order chi connectivity index (χ0) is 28.4. The number of likely N-dealkylation sites (N-methyl/N-ethyl adjacent to an activating group) is 2. The zero-order valence-corrected chi connectivity index (χ0v) is 23.6. The molecule has 0 aliphatic heterocycles. The number of pyridine rings is 1. The maximum absolute atomic E-state index is 13.3.